The summed E-state index contributed by atoms with van der Waals surface area (Å²) in [5, 5.41) is 26.2. The van der Waals surface area contributed by atoms with Crippen molar-refractivity contribution in [2.75, 3.05) is 5.32 Å². The van der Waals surface area contributed by atoms with E-state index < -0.39 is 10.8 Å². The predicted molar refractivity (Wildman–Crippen MR) is 166 cm³/mol. The molecule has 5 aromatic carbocycles. The molecule has 0 aliphatic carbocycles. The van der Waals surface area contributed by atoms with Gasteiger partial charge in [-0.15, -0.1) is 0 Å². The standard InChI is InChI=1S/C34H24ClN3O5/c35-27-11-8-23(9-12-27)21-42-30-15-13-28(14-16-30)37-34(39)26(20-36)19-32-31-7-2-1-5-25(31)10-17-33(32)43-22-24-4-3-6-29(18-24)38(40)41/h1-19H,21-22H2,(H,37,39)/b26-19+. The summed E-state index contributed by atoms with van der Waals surface area (Å²) in [5.74, 6) is 0.452. The molecule has 212 valence electrons. The fraction of sp³-hybridized carbons (Fsp3) is 0.0588. The van der Waals surface area contributed by atoms with Gasteiger partial charge in [-0.05, 0) is 70.4 Å². The van der Waals surface area contributed by atoms with Crippen LogP contribution in [0.4, 0.5) is 11.4 Å². The second-order valence-electron chi connectivity index (χ2n) is 9.48. The first-order chi connectivity index (χ1) is 20.9. The number of carbonyl (C=O) groups is 1. The number of halogens is 1. The zero-order valence-corrected chi connectivity index (χ0v) is 23.5. The Morgan fingerprint density at radius 3 is 2.37 bits per heavy atom. The first-order valence-corrected chi connectivity index (χ1v) is 13.6. The zero-order chi connectivity index (χ0) is 30.2. The van der Waals surface area contributed by atoms with Crippen molar-refractivity contribution in [3.63, 3.8) is 0 Å². The fourth-order valence-corrected chi connectivity index (χ4v) is 4.47. The Hall–Kier alpha value is -5.65. The molecule has 0 aliphatic rings. The van der Waals surface area contributed by atoms with E-state index in [4.69, 9.17) is 21.1 Å². The minimum atomic E-state index is -0.588. The van der Waals surface area contributed by atoms with E-state index in [1.54, 1.807) is 54.6 Å². The predicted octanol–water partition coefficient (Wildman–Crippen LogP) is 8.11. The summed E-state index contributed by atoms with van der Waals surface area (Å²) in [6.07, 6.45) is 1.49. The Morgan fingerprint density at radius 1 is 0.884 bits per heavy atom. The number of nitro benzene ring substituents is 1. The third-order valence-corrected chi connectivity index (χ3v) is 6.78. The van der Waals surface area contributed by atoms with Gasteiger partial charge in [0.1, 0.15) is 36.4 Å². The van der Waals surface area contributed by atoms with E-state index in [1.807, 2.05) is 48.5 Å². The van der Waals surface area contributed by atoms with Crippen molar-refractivity contribution in [1.82, 2.24) is 0 Å². The molecule has 0 spiro atoms. The number of nitrogens with one attached hydrogen (secondary N) is 1. The van der Waals surface area contributed by atoms with Crippen LogP contribution in [0.15, 0.2) is 115 Å². The van der Waals surface area contributed by atoms with Crippen LogP contribution >= 0.6 is 11.6 Å². The maximum Gasteiger partial charge on any atom is 0.269 e. The van der Waals surface area contributed by atoms with Crippen LogP contribution in [0.3, 0.4) is 0 Å². The number of ether oxygens (including phenoxy) is 2. The van der Waals surface area contributed by atoms with Gasteiger partial charge in [0.2, 0.25) is 0 Å². The van der Waals surface area contributed by atoms with Crippen LogP contribution in [-0.2, 0) is 18.0 Å². The molecular formula is C34H24ClN3O5. The quantitative estimate of drug-likeness (QED) is 0.0761. The van der Waals surface area contributed by atoms with E-state index in [9.17, 15) is 20.2 Å². The molecule has 43 heavy (non-hydrogen) atoms. The second kappa shape index (κ2) is 13.3. The van der Waals surface area contributed by atoms with Crippen molar-refractivity contribution in [2.24, 2.45) is 0 Å². The summed E-state index contributed by atoms with van der Waals surface area (Å²) < 4.78 is 11.9. The van der Waals surface area contributed by atoms with Gasteiger partial charge in [-0.1, -0.05) is 66.2 Å². The highest BCUT2D eigenvalue weighted by Gasteiger charge is 2.15. The van der Waals surface area contributed by atoms with Crippen LogP contribution in [0.2, 0.25) is 5.02 Å². The fourth-order valence-electron chi connectivity index (χ4n) is 4.34. The molecule has 0 fully saturated rings. The molecule has 5 aromatic rings. The topological polar surface area (TPSA) is 114 Å². The Labute approximate surface area is 252 Å². The summed E-state index contributed by atoms with van der Waals surface area (Å²) in [7, 11) is 0. The lowest BCUT2D eigenvalue weighted by molar-refractivity contribution is -0.384. The maximum atomic E-state index is 13.2. The van der Waals surface area contributed by atoms with Crippen LogP contribution in [0, 0.1) is 21.4 Å². The highest BCUT2D eigenvalue weighted by molar-refractivity contribution is 6.30. The smallest absolute Gasteiger partial charge is 0.269 e. The van der Waals surface area contributed by atoms with Crippen molar-refractivity contribution in [3.05, 3.63) is 147 Å². The molecule has 0 aromatic heterocycles. The van der Waals surface area contributed by atoms with Gasteiger partial charge in [0.05, 0.1) is 4.92 Å². The third kappa shape index (κ3) is 7.36. The third-order valence-electron chi connectivity index (χ3n) is 6.53. The lowest BCUT2D eigenvalue weighted by Gasteiger charge is -2.13. The number of hydrogen-bond donors (Lipinski definition) is 1. The van der Waals surface area contributed by atoms with E-state index in [-0.39, 0.29) is 17.9 Å². The van der Waals surface area contributed by atoms with Gasteiger partial charge in [-0.3, -0.25) is 14.9 Å². The van der Waals surface area contributed by atoms with Gasteiger partial charge in [-0.2, -0.15) is 5.26 Å². The van der Waals surface area contributed by atoms with Gasteiger partial charge in [0.25, 0.3) is 11.6 Å². The minimum Gasteiger partial charge on any atom is -0.489 e. The zero-order valence-electron chi connectivity index (χ0n) is 22.7. The van der Waals surface area contributed by atoms with Crippen molar-refractivity contribution in [2.45, 2.75) is 13.2 Å². The largest absolute Gasteiger partial charge is 0.489 e. The summed E-state index contributed by atoms with van der Waals surface area (Å²) in [6.45, 7) is 0.419. The van der Waals surface area contributed by atoms with E-state index >= 15 is 0 Å². The Morgan fingerprint density at radius 2 is 1.63 bits per heavy atom. The number of nitriles is 1. The number of carbonyl (C=O) groups excluding carboxylic acids is 1. The highest BCUT2D eigenvalue weighted by atomic mass is 35.5. The summed E-state index contributed by atoms with van der Waals surface area (Å²) in [5.41, 5.74) is 2.44. The molecular weight excluding hydrogens is 566 g/mol. The number of anilines is 1. The molecule has 0 bridgehead atoms. The molecule has 5 rings (SSSR count). The Bertz CT molecular complexity index is 1860. The van der Waals surface area contributed by atoms with E-state index in [0.29, 0.717) is 39.9 Å². The van der Waals surface area contributed by atoms with Crippen LogP contribution in [-0.4, -0.2) is 10.8 Å². The van der Waals surface area contributed by atoms with Gasteiger partial charge in [-0.25, -0.2) is 0 Å². The van der Waals surface area contributed by atoms with E-state index in [1.165, 1.54) is 18.2 Å². The normalized spacial score (nSPS) is 11.0. The first-order valence-electron chi connectivity index (χ1n) is 13.2. The van der Waals surface area contributed by atoms with Gasteiger partial charge >= 0.3 is 0 Å². The molecule has 0 radical (unpaired) electrons. The average molecular weight is 590 g/mol. The Kier molecular flexibility index (Phi) is 8.96. The Balaban J connectivity index is 1.34. The summed E-state index contributed by atoms with van der Waals surface area (Å²) in [4.78, 5) is 23.9. The second-order valence-corrected chi connectivity index (χ2v) is 9.91. The SMILES string of the molecule is N#C/C(=C\c1c(OCc2cccc([N+](=O)[O-])c2)ccc2ccccc12)C(=O)Nc1ccc(OCc2ccc(Cl)cc2)cc1. The van der Waals surface area contributed by atoms with Crippen molar-refractivity contribution >= 4 is 45.7 Å². The number of amides is 1. The number of non-ortho nitro benzene ring substituents is 1. The van der Waals surface area contributed by atoms with Crippen LogP contribution in [0.5, 0.6) is 11.5 Å². The molecule has 0 aliphatic heterocycles. The van der Waals surface area contributed by atoms with Gasteiger partial charge in [0.15, 0.2) is 0 Å². The molecule has 0 heterocycles. The number of hydrogen-bond acceptors (Lipinski definition) is 6. The van der Waals surface area contributed by atoms with E-state index in [2.05, 4.69) is 5.32 Å². The molecule has 0 saturated carbocycles. The number of rotatable bonds is 10. The first kappa shape index (κ1) is 28.9. The summed E-state index contributed by atoms with van der Waals surface area (Å²) in [6, 6.07) is 33.5. The van der Waals surface area contributed by atoms with Crippen molar-refractivity contribution in [3.8, 4) is 17.6 Å². The van der Waals surface area contributed by atoms with Crippen molar-refractivity contribution < 1.29 is 19.2 Å². The molecule has 0 unspecified atom stereocenters. The lowest BCUT2D eigenvalue weighted by atomic mass is 10.0. The van der Waals surface area contributed by atoms with Crippen molar-refractivity contribution in [1.29, 1.82) is 5.26 Å². The van der Waals surface area contributed by atoms with Gasteiger partial charge in [0, 0.05) is 28.4 Å². The lowest BCUT2D eigenvalue weighted by Crippen LogP contribution is -2.13. The molecule has 1 amide bonds. The monoisotopic (exact) mass is 589 g/mol. The number of nitrogens with zero attached hydrogens (tertiary/aromatic N) is 2. The molecule has 0 saturated heterocycles. The highest BCUT2D eigenvalue weighted by Crippen LogP contribution is 2.31. The minimum absolute atomic E-state index is 0.0377. The number of benzene rings is 5. The van der Waals surface area contributed by atoms with E-state index in [0.717, 1.165) is 16.3 Å². The number of fused-ring (bicyclic) bond motifs is 1. The van der Waals surface area contributed by atoms with Crippen LogP contribution in [0.1, 0.15) is 16.7 Å². The molecule has 0 atom stereocenters. The molecule has 9 heteroatoms. The average Bonchev–Trinajstić information content (AvgIpc) is 3.03. The molecule has 1 N–H and O–H groups in total. The van der Waals surface area contributed by atoms with Crippen LogP contribution < -0.4 is 14.8 Å². The summed E-state index contributed by atoms with van der Waals surface area (Å²) >= 11 is 5.93. The molecule has 8 nitrogen and oxygen atoms in total. The maximum absolute atomic E-state index is 13.2. The van der Waals surface area contributed by atoms with Gasteiger partial charge < -0.3 is 14.8 Å². The van der Waals surface area contributed by atoms with Crippen LogP contribution in [0.25, 0.3) is 16.8 Å². The number of nitro groups is 1.